The van der Waals surface area contributed by atoms with Crippen LogP contribution in [0.5, 0.6) is 0 Å². The quantitative estimate of drug-likeness (QED) is 0.408. The fourth-order valence-corrected chi connectivity index (χ4v) is 1.33. The molecule has 0 aromatic rings. The van der Waals surface area contributed by atoms with Crippen LogP contribution in [0.1, 0.15) is 19.8 Å². The van der Waals surface area contributed by atoms with E-state index < -0.39 is 0 Å². The molecular formula is C9H14N+. The summed E-state index contributed by atoms with van der Waals surface area (Å²) in [5.74, 6) is 2.66. The van der Waals surface area contributed by atoms with E-state index >= 15 is 0 Å². The Hall–Kier alpha value is -0.610. The average Bonchev–Trinajstić information content (AvgIpc) is 2.31. The predicted molar refractivity (Wildman–Crippen MR) is 43.4 cm³/mol. The van der Waals surface area contributed by atoms with Gasteiger partial charge in [-0.2, -0.15) is 0 Å². The molecule has 1 fully saturated rings. The molecule has 0 radical (unpaired) electrons. The summed E-state index contributed by atoms with van der Waals surface area (Å²) in [7, 11) is 0. The Labute approximate surface area is 63.4 Å². The third-order valence-electron chi connectivity index (χ3n) is 2.04. The topological polar surface area (TPSA) is 3.24 Å². The van der Waals surface area contributed by atoms with Crippen molar-refractivity contribution in [3.05, 3.63) is 6.42 Å². The molecule has 1 nitrogen and oxygen atoms in total. The number of nitrogens with zero attached hydrogens (tertiary/aromatic N) is 1. The summed E-state index contributed by atoms with van der Waals surface area (Å²) in [4.78, 5) is 2.42. The van der Waals surface area contributed by atoms with Gasteiger partial charge in [-0.3, -0.25) is 4.90 Å². The van der Waals surface area contributed by atoms with Crippen molar-refractivity contribution in [2.24, 2.45) is 0 Å². The summed E-state index contributed by atoms with van der Waals surface area (Å²) in [5.41, 5.74) is 0. The Balaban J connectivity index is 2.21. The third kappa shape index (κ3) is 1.68. The van der Waals surface area contributed by atoms with Gasteiger partial charge in [-0.25, -0.2) is 0 Å². The molecule has 0 spiro atoms. The van der Waals surface area contributed by atoms with E-state index in [0.29, 0.717) is 6.04 Å². The molecule has 0 aromatic heterocycles. The first kappa shape index (κ1) is 7.50. The maximum absolute atomic E-state index is 5.17. The van der Waals surface area contributed by atoms with Crippen molar-refractivity contribution >= 4 is 0 Å². The second kappa shape index (κ2) is 3.53. The highest BCUT2D eigenvalue weighted by atomic mass is 15.2. The fourth-order valence-electron chi connectivity index (χ4n) is 1.33. The van der Waals surface area contributed by atoms with Gasteiger partial charge in [0.1, 0.15) is 13.0 Å². The second-order valence-electron chi connectivity index (χ2n) is 2.82. The van der Waals surface area contributed by atoms with Crippen LogP contribution in [0.2, 0.25) is 0 Å². The number of hydrogen-bond donors (Lipinski definition) is 0. The lowest BCUT2D eigenvalue weighted by atomic mass is 10.2. The van der Waals surface area contributed by atoms with Crippen molar-refractivity contribution in [1.29, 1.82) is 0 Å². The van der Waals surface area contributed by atoms with Gasteiger partial charge in [-0.15, -0.1) is 12.3 Å². The molecule has 1 rings (SSSR count). The summed E-state index contributed by atoms with van der Waals surface area (Å²) in [6.07, 6.45) is 9.60. The molecule has 1 atom stereocenters. The maximum atomic E-state index is 5.17. The lowest BCUT2D eigenvalue weighted by Gasteiger charge is -2.14. The molecule has 0 N–H and O–H groups in total. The highest BCUT2D eigenvalue weighted by Crippen LogP contribution is 2.14. The highest BCUT2D eigenvalue weighted by molar-refractivity contribution is 4.91. The standard InChI is InChI=1S/C9H14N/c1-3-4-7-10-8-5-6-9(10)2/h1,5,9H,4,6-8H2,2H3/q+1/t9-/m1/s1. The van der Waals surface area contributed by atoms with Gasteiger partial charge in [0.05, 0.1) is 12.5 Å². The van der Waals surface area contributed by atoms with Crippen molar-refractivity contribution in [3.63, 3.8) is 0 Å². The average molecular weight is 136 g/mol. The molecule has 1 heteroatoms. The van der Waals surface area contributed by atoms with Crippen LogP contribution in [0.15, 0.2) is 0 Å². The number of hydrogen-bond acceptors (Lipinski definition) is 1. The zero-order chi connectivity index (χ0) is 7.40. The Morgan fingerprint density at radius 1 is 1.80 bits per heavy atom. The van der Waals surface area contributed by atoms with Crippen LogP contribution in [-0.4, -0.2) is 24.0 Å². The van der Waals surface area contributed by atoms with Crippen molar-refractivity contribution in [1.82, 2.24) is 4.90 Å². The Morgan fingerprint density at radius 3 is 3.10 bits per heavy atom. The van der Waals surface area contributed by atoms with Crippen LogP contribution in [0.4, 0.5) is 0 Å². The van der Waals surface area contributed by atoms with Crippen LogP contribution in [0.25, 0.3) is 0 Å². The Bertz CT molecular complexity index is 134. The number of likely N-dealkylation sites (tertiary alicyclic amines) is 1. The van der Waals surface area contributed by atoms with Gasteiger partial charge in [-0.05, 0) is 6.92 Å². The van der Waals surface area contributed by atoms with Gasteiger partial charge in [0.2, 0.25) is 0 Å². The molecule has 0 saturated carbocycles. The summed E-state index contributed by atoms with van der Waals surface area (Å²) < 4.78 is 0. The van der Waals surface area contributed by atoms with Gasteiger partial charge >= 0.3 is 0 Å². The minimum Gasteiger partial charge on any atom is -0.257 e. The molecule has 1 aliphatic rings. The maximum Gasteiger partial charge on any atom is 0.141 e. The molecule has 0 amide bonds. The van der Waals surface area contributed by atoms with Crippen LogP contribution >= 0.6 is 0 Å². The fraction of sp³-hybridized carbons (Fsp3) is 0.667. The molecule has 0 bridgehead atoms. The lowest BCUT2D eigenvalue weighted by molar-refractivity contribution is 0.277. The Morgan fingerprint density at radius 2 is 2.60 bits per heavy atom. The molecule has 0 aliphatic carbocycles. The summed E-state index contributed by atoms with van der Waals surface area (Å²) >= 11 is 0. The SMILES string of the molecule is C#CCCN1C[CH+]C[C@H]1C. The van der Waals surface area contributed by atoms with E-state index in [4.69, 9.17) is 6.42 Å². The van der Waals surface area contributed by atoms with E-state index in [0.717, 1.165) is 19.5 Å². The van der Waals surface area contributed by atoms with Crippen LogP contribution in [0.3, 0.4) is 0 Å². The summed E-state index contributed by atoms with van der Waals surface area (Å²) in [5, 5.41) is 0. The number of rotatable bonds is 2. The van der Waals surface area contributed by atoms with E-state index in [1.54, 1.807) is 0 Å². The van der Waals surface area contributed by atoms with Crippen molar-refractivity contribution in [2.45, 2.75) is 25.8 Å². The van der Waals surface area contributed by atoms with Gasteiger partial charge in [0.25, 0.3) is 0 Å². The smallest absolute Gasteiger partial charge is 0.141 e. The summed E-state index contributed by atoms with van der Waals surface area (Å²) in [6.45, 7) is 4.44. The lowest BCUT2D eigenvalue weighted by Crippen LogP contribution is -2.27. The highest BCUT2D eigenvalue weighted by Gasteiger charge is 2.25. The van der Waals surface area contributed by atoms with Gasteiger partial charge in [0, 0.05) is 13.0 Å². The second-order valence-corrected chi connectivity index (χ2v) is 2.82. The van der Waals surface area contributed by atoms with E-state index in [1.165, 1.54) is 6.42 Å². The van der Waals surface area contributed by atoms with Crippen molar-refractivity contribution < 1.29 is 0 Å². The minimum atomic E-state index is 0.716. The van der Waals surface area contributed by atoms with Gasteiger partial charge < -0.3 is 0 Å². The first-order chi connectivity index (χ1) is 4.84. The minimum absolute atomic E-state index is 0.716. The van der Waals surface area contributed by atoms with Gasteiger partial charge in [-0.1, -0.05) is 0 Å². The van der Waals surface area contributed by atoms with Crippen LogP contribution in [0, 0.1) is 18.8 Å². The third-order valence-corrected chi connectivity index (χ3v) is 2.04. The Kier molecular flexibility index (Phi) is 2.65. The monoisotopic (exact) mass is 136 g/mol. The van der Waals surface area contributed by atoms with E-state index in [1.807, 2.05) is 0 Å². The first-order valence-electron chi connectivity index (χ1n) is 3.83. The van der Waals surface area contributed by atoms with Crippen LogP contribution < -0.4 is 0 Å². The molecule has 10 heavy (non-hydrogen) atoms. The molecule has 0 unspecified atom stereocenters. The number of terminal acetylenes is 1. The molecule has 1 aliphatic heterocycles. The van der Waals surface area contributed by atoms with E-state index in [9.17, 15) is 0 Å². The predicted octanol–water partition coefficient (Wildman–Crippen LogP) is 1.31. The largest absolute Gasteiger partial charge is 0.257 e. The molecular weight excluding hydrogens is 122 g/mol. The normalized spacial score (nSPS) is 25.8. The van der Waals surface area contributed by atoms with Crippen molar-refractivity contribution in [2.75, 3.05) is 13.1 Å². The molecule has 1 saturated heterocycles. The molecule has 1 heterocycles. The van der Waals surface area contributed by atoms with Gasteiger partial charge in [0.15, 0.2) is 0 Å². The zero-order valence-corrected chi connectivity index (χ0v) is 6.51. The zero-order valence-electron chi connectivity index (χ0n) is 6.51. The first-order valence-corrected chi connectivity index (χ1v) is 3.83. The van der Waals surface area contributed by atoms with E-state index in [-0.39, 0.29) is 0 Å². The molecule has 54 valence electrons. The van der Waals surface area contributed by atoms with E-state index in [2.05, 4.69) is 24.2 Å². The summed E-state index contributed by atoms with van der Waals surface area (Å²) in [6, 6.07) is 0.716. The molecule has 0 aromatic carbocycles. The van der Waals surface area contributed by atoms with Crippen molar-refractivity contribution in [3.8, 4) is 12.3 Å². The van der Waals surface area contributed by atoms with Crippen LogP contribution in [-0.2, 0) is 0 Å².